The van der Waals surface area contributed by atoms with Crippen LogP contribution in [0.15, 0.2) is 216 Å². The highest BCUT2D eigenvalue weighted by atomic mass is 127. The molecule has 1 aliphatic carbocycles. The van der Waals surface area contributed by atoms with Crippen LogP contribution in [0.4, 0.5) is 0 Å². The Hall–Kier alpha value is -9.27. The van der Waals surface area contributed by atoms with Crippen molar-refractivity contribution >= 4 is 140 Å². The minimum absolute atomic E-state index is 0.0173. The second-order valence-electron chi connectivity index (χ2n) is 34.4. The summed E-state index contributed by atoms with van der Waals surface area (Å²) < 4.78 is 38.4. The van der Waals surface area contributed by atoms with Crippen molar-refractivity contribution in [1.82, 2.24) is 0 Å². The Labute approximate surface area is 855 Å². The zero-order valence-corrected chi connectivity index (χ0v) is 92.2. The number of aryl methyl sites for hydroxylation is 20. The first kappa shape index (κ1) is 112. The van der Waals surface area contributed by atoms with Crippen LogP contribution in [-0.2, 0) is 81.4 Å². The number of ether oxygens (including phenoxy) is 6. The zero-order valence-electron chi connectivity index (χ0n) is 83.5. The van der Waals surface area contributed by atoms with Crippen LogP contribution in [0.25, 0.3) is 0 Å². The summed E-state index contributed by atoms with van der Waals surface area (Å²) in [6, 6.07) is 61.1. The third-order valence-electron chi connectivity index (χ3n) is 23.2. The third kappa shape index (κ3) is 34.4. The van der Waals surface area contributed by atoms with Gasteiger partial charge in [0.2, 0.25) is 0 Å². The number of hydrogen-bond donors (Lipinski definition) is 1. The van der Waals surface area contributed by atoms with E-state index in [2.05, 4.69) is 254 Å². The highest BCUT2D eigenvalue weighted by molar-refractivity contribution is 14.1. The van der Waals surface area contributed by atoms with E-state index < -0.39 is 0 Å². The fraction of sp³-hybridized carbons (Fsp3) is 0.322. The van der Waals surface area contributed by atoms with Crippen molar-refractivity contribution in [2.24, 2.45) is 0 Å². The van der Waals surface area contributed by atoms with Gasteiger partial charge < -0.3 is 33.5 Å². The van der Waals surface area contributed by atoms with Crippen LogP contribution >= 0.6 is 109 Å². The molecule has 12 aromatic rings. The van der Waals surface area contributed by atoms with E-state index in [9.17, 15) is 33.9 Å². The summed E-state index contributed by atoms with van der Waals surface area (Å²) in [6.07, 6.45) is 3.41. The molecule has 13 nitrogen and oxygen atoms in total. The lowest BCUT2D eigenvalue weighted by Gasteiger charge is -2.16. The molecule has 136 heavy (non-hydrogen) atoms. The van der Waals surface area contributed by atoms with E-state index in [0.29, 0.717) is 45.6 Å². The number of benzene rings is 12. The number of thioether (sulfide) groups is 6. The quantitative estimate of drug-likeness (QED) is 0.0379. The normalized spacial score (nSPS) is 11.2. The average molecular weight is 2120 g/mol. The van der Waals surface area contributed by atoms with Crippen LogP contribution in [0.5, 0.6) is 34.5 Å². The van der Waals surface area contributed by atoms with Gasteiger partial charge in [-0.2, -0.15) is 0 Å². The van der Waals surface area contributed by atoms with Gasteiger partial charge in [0.25, 0.3) is 0 Å². The Bertz CT molecular complexity index is 5880. The van der Waals surface area contributed by atoms with Gasteiger partial charge >= 0.3 is 0 Å². The summed E-state index contributed by atoms with van der Waals surface area (Å²) in [5.74, 6) is 6.01. The van der Waals surface area contributed by atoms with Crippen LogP contribution in [0, 0.1) is 135 Å². The van der Waals surface area contributed by atoms with Gasteiger partial charge in [0.1, 0.15) is 74.1 Å². The van der Waals surface area contributed by atoms with Gasteiger partial charge in [-0.25, -0.2) is 0 Å². The Morgan fingerprint density at radius 3 is 0.838 bits per heavy atom. The molecule has 1 N–H and O–H groups in total. The van der Waals surface area contributed by atoms with Crippen LogP contribution < -0.4 is 28.4 Å². The molecule has 1 fully saturated rings. The van der Waals surface area contributed by atoms with Crippen molar-refractivity contribution in [3.63, 3.8) is 0 Å². The van der Waals surface area contributed by atoms with Crippen molar-refractivity contribution in [2.75, 3.05) is 0 Å². The Morgan fingerprint density at radius 1 is 0.287 bits per heavy atom. The molecular weight excluding hydrogens is 1990 g/mol. The summed E-state index contributed by atoms with van der Waals surface area (Å²) in [5.41, 5.74) is 32.5. The molecule has 0 atom stereocenters. The molecule has 0 bridgehead atoms. The van der Waals surface area contributed by atoms with Gasteiger partial charge in [0.05, 0.1) is 6.61 Å². The van der Waals surface area contributed by atoms with E-state index in [1.54, 1.807) is 34.6 Å². The number of carbonyl (C=O) groups excluding carboxylic acids is 6. The summed E-state index contributed by atoms with van der Waals surface area (Å²) >= 11 is 13.4. The zero-order chi connectivity index (χ0) is 100. The van der Waals surface area contributed by atoms with Crippen LogP contribution in [0.1, 0.15) is 223 Å². The summed E-state index contributed by atoms with van der Waals surface area (Å²) in [7, 11) is 0. The van der Waals surface area contributed by atoms with E-state index in [0.717, 1.165) is 151 Å². The summed E-state index contributed by atoms with van der Waals surface area (Å²) in [5, 5.41) is 10.0. The number of aliphatic hydroxyl groups excluding tert-OH is 1. The smallest absolute Gasteiger partial charge is 0.190 e. The van der Waals surface area contributed by atoms with Crippen molar-refractivity contribution in [3.8, 4) is 34.5 Å². The molecule has 0 aliphatic heterocycles. The molecule has 1 aliphatic rings. The number of halogens is 2. The maximum Gasteiger partial charge on any atom is 0.190 e. The van der Waals surface area contributed by atoms with Crippen LogP contribution in [0.2, 0.25) is 0 Å². The molecule has 21 heteroatoms. The van der Waals surface area contributed by atoms with Gasteiger partial charge in [0, 0.05) is 112 Å². The predicted molar refractivity (Wildman–Crippen MR) is 580 cm³/mol. The minimum atomic E-state index is -0.0725. The molecule has 0 radical (unpaired) electrons. The Balaban J connectivity index is 0.000000201. The highest BCUT2D eigenvalue weighted by Gasteiger charge is 2.28. The van der Waals surface area contributed by atoms with Gasteiger partial charge in [-0.15, -0.1) is 0 Å². The highest BCUT2D eigenvalue weighted by Crippen LogP contribution is 2.45. The number of aliphatic hydroxyl groups is 1. The lowest BCUT2D eigenvalue weighted by atomic mass is 10.0. The molecular formula is C115H130BrIO13S6. The fourth-order valence-corrected chi connectivity index (χ4v) is 20.7. The molecule has 12 aromatic carbocycles. The van der Waals surface area contributed by atoms with E-state index in [1.165, 1.54) is 174 Å². The molecule has 0 heterocycles. The number of hydrogen-bond acceptors (Lipinski definition) is 19. The van der Waals surface area contributed by atoms with Gasteiger partial charge in [-0.05, 0) is 387 Å². The van der Waals surface area contributed by atoms with Gasteiger partial charge in [-0.3, -0.25) is 28.8 Å². The molecule has 0 spiro atoms. The molecule has 0 saturated heterocycles. The predicted octanol–water partition coefficient (Wildman–Crippen LogP) is 31.6. The molecule has 718 valence electrons. The SMILES string of the molecule is CC(=O)Sc1cccc(Br)c1COc1cc(C)c(C)cc1C.CC(=O)Sc1cccc(C)c1COc1cc(C)c(C)cc1C.CC(=O)Sc1cccc(C2CC2)c1COc1cc(C)c(C)cc1C.CC(=O)Sc1cccc(CO)c1COc1cc(C)c(C)cc1C.CC(=O)Sc1cccc(I)c1COc1cc(C)c(C)cc1C.CCc1cccc(SC(C)=O)c1COc1cc(C)c(C)cc1C. The third-order valence-corrected chi connectivity index (χ3v) is 30.3. The maximum atomic E-state index is 11.6. The van der Waals surface area contributed by atoms with E-state index in [1.807, 2.05) is 105 Å². The fourth-order valence-electron chi connectivity index (χ4n) is 14.7. The monoisotopic (exact) mass is 2120 g/mol. The largest absolute Gasteiger partial charge is 0.489 e. The Morgan fingerprint density at radius 2 is 0.522 bits per heavy atom. The summed E-state index contributed by atoms with van der Waals surface area (Å²) in [4.78, 5) is 74.5. The topological polar surface area (TPSA) is 178 Å². The lowest BCUT2D eigenvalue weighted by Crippen LogP contribution is -2.04. The average Bonchev–Trinajstić information content (AvgIpc) is 1.46. The van der Waals surface area contributed by atoms with E-state index >= 15 is 0 Å². The Kier molecular flexibility index (Phi) is 44.8. The standard InChI is InChI=1S/C21H24O2S.C20H24O2S.C19H22O3S.C19H22O2S.C18H19BrO2S.C18H19IO2S/c1-13-10-15(3)20(11-14(13)2)23-12-19-18(17-8-9-17)6-5-7-21(19)24-16(4)22;1-6-17-8-7-9-20(23-16(5)21)18(17)12-22-19-11-14(3)13(2)10-15(19)4;1-12-8-14(3)18(9-13(12)2)22-11-17-16(10-20)6-5-7-19(17)23-15(4)21;1-12-7-6-8-19(22-16(5)20)17(12)11-21-18-10-14(3)13(2)9-15(18)4;2*1-11-8-13(3)17(9-12(11)2)21-10-15-16(19)6-5-7-18(15)22-14(4)20/h5-7,10-11,17H,8-9,12H2,1-4H3;7-11H,6,12H2,1-5H3;5-9,20H,10-11H2,1-4H3;6-10H,11H2,1-5H3;2*5-9H,10H2,1-4H3. The molecule has 13 rings (SSSR count). The van der Waals surface area contributed by atoms with Gasteiger partial charge in [-0.1, -0.05) is 190 Å². The van der Waals surface area contributed by atoms with E-state index in [-0.39, 0.29) is 37.3 Å². The molecule has 0 amide bonds. The number of carbonyl (C=O) groups is 6. The summed E-state index contributed by atoms with van der Waals surface area (Å²) in [6.45, 7) is 53.8. The molecule has 1 saturated carbocycles. The van der Waals surface area contributed by atoms with E-state index in [4.69, 9.17) is 28.4 Å². The van der Waals surface area contributed by atoms with Crippen LogP contribution in [0.3, 0.4) is 0 Å². The van der Waals surface area contributed by atoms with Crippen LogP contribution in [-0.4, -0.2) is 35.8 Å². The first-order valence-electron chi connectivity index (χ1n) is 45.4. The number of rotatable bonds is 27. The van der Waals surface area contributed by atoms with Crippen molar-refractivity contribution in [3.05, 3.63) is 346 Å². The first-order valence-corrected chi connectivity index (χ1v) is 52.1. The second-order valence-corrected chi connectivity index (χ2v) is 43.7. The molecule has 0 unspecified atom stereocenters. The second kappa shape index (κ2) is 54.3. The first-order chi connectivity index (χ1) is 64.4. The van der Waals surface area contributed by atoms with Crippen molar-refractivity contribution in [2.45, 2.75) is 281 Å². The maximum absolute atomic E-state index is 11.6. The van der Waals surface area contributed by atoms with Crippen molar-refractivity contribution in [1.29, 1.82) is 0 Å². The lowest BCUT2D eigenvalue weighted by molar-refractivity contribution is -0.109. The van der Waals surface area contributed by atoms with Gasteiger partial charge in [0.15, 0.2) is 30.7 Å². The van der Waals surface area contributed by atoms with Crippen molar-refractivity contribution < 1.29 is 62.3 Å². The minimum Gasteiger partial charge on any atom is -0.489 e. The molecule has 0 aromatic heterocycles.